The molecule has 0 spiro atoms. The van der Waals surface area contributed by atoms with Crippen LogP contribution >= 0.6 is 12.2 Å². The van der Waals surface area contributed by atoms with E-state index in [-0.39, 0.29) is 5.54 Å². The first-order valence-electron chi connectivity index (χ1n) is 6.72. The molecule has 0 aliphatic rings. The topological polar surface area (TPSA) is 48.8 Å². The summed E-state index contributed by atoms with van der Waals surface area (Å²) in [4.78, 5) is 0. The van der Waals surface area contributed by atoms with Crippen molar-refractivity contribution in [2.75, 3.05) is 0 Å². The second-order valence-electron chi connectivity index (χ2n) is 6.22. The second-order valence-corrected chi connectivity index (χ2v) is 6.63. The average molecular weight is 292 g/mol. The predicted octanol–water partition coefficient (Wildman–Crippen LogP) is 3.64. The average Bonchev–Trinajstić information content (AvgIpc) is 2.34. The lowest BCUT2D eigenvalue weighted by Crippen LogP contribution is -2.46. The standard InChI is InChI=1S/C15H24N4S/c1-14(2,3)18-19-15(4,5)17-13(20)16-11-12-9-7-6-8-10-12/h6-10H,11H2,1-5H3,(H2,16,17,20)/b19-18+. The third-order valence-corrected chi connectivity index (χ3v) is 2.56. The summed E-state index contributed by atoms with van der Waals surface area (Å²) in [7, 11) is 0. The van der Waals surface area contributed by atoms with Crippen LogP contribution in [0.5, 0.6) is 0 Å². The van der Waals surface area contributed by atoms with E-state index >= 15 is 0 Å². The maximum atomic E-state index is 5.29. The van der Waals surface area contributed by atoms with E-state index in [1.807, 2.05) is 52.8 Å². The highest BCUT2D eigenvalue weighted by molar-refractivity contribution is 7.80. The number of azo groups is 1. The molecule has 0 fully saturated rings. The van der Waals surface area contributed by atoms with E-state index in [4.69, 9.17) is 12.2 Å². The minimum Gasteiger partial charge on any atom is -0.359 e. The van der Waals surface area contributed by atoms with Crippen LogP contribution in [0.3, 0.4) is 0 Å². The molecule has 0 saturated carbocycles. The molecule has 20 heavy (non-hydrogen) atoms. The monoisotopic (exact) mass is 292 g/mol. The second kappa shape index (κ2) is 6.79. The SMILES string of the molecule is CC(C)(C)/N=N/C(C)(C)NC(=S)NCc1ccccc1. The van der Waals surface area contributed by atoms with Crippen LogP contribution in [0.25, 0.3) is 0 Å². The number of benzene rings is 1. The van der Waals surface area contributed by atoms with Crippen LogP contribution in [-0.2, 0) is 6.54 Å². The molecule has 0 amide bonds. The molecular weight excluding hydrogens is 268 g/mol. The number of rotatable bonds is 4. The van der Waals surface area contributed by atoms with Gasteiger partial charge in [0.1, 0.15) is 5.66 Å². The van der Waals surface area contributed by atoms with Crippen molar-refractivity contribution in [3.63, 3.8) is 0 Å². The Hall–Kier alpha value is -1.49. The zero-order valence-corrected chi connectivity index (χ0v) is 13.7. The lowest BCUT2D eigenvalue weighted by Gasteiger charge is -2.24. The Balaban J connectivity index is 2.47. The molecule has 0 bridgehead atoms. The molecule has 0 aromatic heterocycles. The molecule has 0 aliphatic heterocycles. The highest BCUT2D eigenvalue weighted by atomic mass is 32.1. The maximum Gasteiger partial charge on any atom is 0.168 e. The zero-order chi connectivity index (χ0) is 15.2. The van der Waals surface area contributed by atoms with Crippen molar-refractivity contribution in [1.82, 2.24) is 10.6 Å². The van der Waals surface area contributed by atoms with E-state index in [0.29, 0.717) is 11.7 Å². The van der Waals surface area contributed by atoms with Gasteiger partial charge in [-0.25, -0.2) is 0 Å². The van der Waals surface area contributed by atoms with Crippen molar-refractivity contribution >= 4 is 17.3 Å². The quantitative estimate of drug-likeness (QED) is 0.658. The van der Waals surface area contributed by atoms with Crippen molar-refractivity contribution in [3.05, 3.63) is 35.9 Å². The number of nitrogens with one attached hydrogen (secondary N) is 2. The molecule has 110 valence electrons. The summed E-state index contributed by atoms with van der Waals surface area (Å²) >= 11 is 5.29. The van der Waals surface area contributed by atoms with Crippen LogP contribution < -0.4 is 10.6 Å². The van der Waals surface area contributed by atoms with E-state index in [9.17, 15) is 0 Å². The molecule has 0 unspecified atom stereocenters. The maximum absolute atomic E-state index is 5.29. The van der Waals surface area contributed by atoms with Crippen LogP contribution in [0.1, 0.15) is 40.2 Å². The van der Waals surface area contributed by atoms with Gasteiger partial charge in [0.05, 0.1) is 5.54 Å². The molecule has 5 heteroatoms. The van der Waals surface area contributed by atoms with Gasteiger partial charge in [-0.1, -0.05) is 30.3 Å². The van der Waals surface area contributed by atoms with Crippen molar-refractivity contribution in [3.8, 4) is 0 Å². The summed E-state index contributed by atoms with van der Waals surface area (Å²) < 4.78 is 0. The van der Waals surface area contributed by atoms with Crippen LogP contribution in [0.2, 0.25) is 0 Å². The summed E-state index contributed by atoms with van der Waals surface area (Å²) in [5.74, 6) is 0. The van der Waals surface area contributed by atoms with E-state index in [2.05, 4.69) is 33.0 Å². The molecular formula is C15H24N4S. The first kappa shape index (κ1) is 16.6. The number of nitrogens with zero attached hydrogens (tertiary/aromatic N) is 2. The van der Waals surface area contributed by atoms with Gasteiger partial charge in [0.25, 0.3) is 0 Å². The van der Waals surface area contributed by atoms with Crippen molar-refractivity contribution in [2.24, 2.45) is 10.2 Å². The van der Waals surface area contributed by atoms with Crippen LogP contribution in [0.4, 0.5) is 0 Å². The van der Waals surface area contributed by atoms with Gasteiger partial charge in [-0.05, 0) is 52.4 Å². The third kappa shape index (κ3) is 7.19. The molecule has 0 radical (unpaired) electrons. The Morgan fingerprint density at radius 2 is 1.65 bits per heavy atom. The molecule has 1 aromatic carbocycles. The summed E-state index contributed by atoms with van der Waals surface area (Å²) in [5.41, 5.74) is 0.484. The molecule has 2 N–H and O–H groups in total. The molecule has 0 heterocycles. The summed E-state index contributed by atoms with van der Waals surface area (Å²) in [5, 5.41) is 15.5. The lowest BCUT2D eigenvalue weighted by atomic mass is 10.1. The highest BCUT2D eigenvalue weighted by Crippen LogP contribution is 2.12. The smallest absolute Gasteiger partial charge is 0.168 e. The molecule has 1 aromatic rings. The van der Waals surface area contributed by atoms with Gasteiger partial charge < -0.3 is 10.6 Å². The number of hydrogen-bond donors (Lipinski definition) is 2. The van der Waals surface area contributed by atoms with Gasteiger partial charge >= 0.3 is 0 Å². The van der Waals surface area contributed by atoms with Crippen molar-refractivity contribution < 1.29 is 0 Å². The van der Waals surface area contributed by atoms with Crippen LogP contribution in [-0.4, -0.2) is 16.3 Å². The van der Waals surface area contributed by atoms with Crippen LogP contribution in [0.15, 0.2) is 40.6 Å². The molecule has 0 saturated heterocycles. The molecule has 4 nitrogen and oxygen atoms in total. The molecule has 0 aliphatic carbocycles. The van der Waals surface area contributed by atoms with E-state index in [1.54, 1.807) is 0 Å². The Morgan fingerprint density at radius 1 is 1.05 bits per heavy atom. The minimum absolute atomic E-state index is 0.183. The fourth-order valence-corrected chi connectivity index (χ4v) is 1.72. The lowest BCUT2D eigenvalue weighted by molar-refractivity contribution is 0.414. The Kier molecular flexibility index (Phi) is 5.62. The number of thiocarbonyl (C=S) groups is 1. The summed E-state index contributed by atoms with van der Waals surface area (Å²) in [6.07, 6.45) is 0. The fraction of sp³-hybridized carbons (Fsp3) is 0.533. The van der Waals surface area contributed by atoms with Gasteiger partial charge in [0.2, 0.25) is 0 Å². The normalized spacial score (nSPS) is 12.4. The van der Waals surface area contributed by atoms with Gasteiger partial charge in [-0.3, -0.25) is 0 Å². The highest BCUT2D eigenvalue weighted by Gasteiger charge is 2.19. The summed E-state index contributed by atoms with van der Waals surface area (Å²) in [6.45, 7) is 10.6. The molecule has 1 rings (SSSR count). The van der Waals surface area contributed by atoms with Gasteiger partial charge in [-0.2, -0.15) is 10.2 Å². The Bertz CT molecular complexity index is 461. The minimum atomic E-state index is -0.520. The number of hydrogen-bond acceptors (Lipinski definition) is 3. The molecule has 0 atom stereocenters. The van der Waals surface area contributed by atoms with Crippen molar-refractivity contribution in [1.29, 1.82) is 0 Å². The van der Waals surface area contributed by atoms with Crippen LogP contribution in [0, 0.1) is 0 Å². The van der Waals surface area contributed by atoms with E-state index in [1.165, 1.54) is 5.56 Å². The zero-order valence-electron chi connectivity index (χ0n) is 12.9. The largest absolute Gasteiger partial charge is 0.359 e. The Morgan fingerprint density at radius 3 is 2.20 bits per heavy atom. The predicted molar refractivity (Wildman–Crippen MR) is 87.7 cm³/mol. The van der Waals surface area contributed by atoms with Gasteiger partial charge in [0.15, 0.2) is 5.11 Å². The fourth-order valence-electron chi connectivity index (χ4n) is 1.40. The first-order valence-corrected chi connectivity index (χ1v) is 7.13. The van der Waals surface area contributed by atoms with Gasteiger partial charge in [0, 0.05) is 6.54 Å². The first-order chi connectivity index (χ1) is 9.18. The summed E-state index contributed by atoms with van der Waals surface area (Å²) in [6, 6.07) is 10.1. The third-order valence-electron chi connectivity index (χ3n) is 2.32. The van der Waals surface area contributed by atoms with E-state index < -0.39 is 5.66 Å². The van der Waals surface area contributed by atoms with Crippen molar-refractivity contribution in [2.45, 2.75) is 52.4 Å². The van der Waals surface area contributed by atoms with Gasteiger partial charge in [-0.15, -0.1) is 0 Å². The van der Waals surface area contributed by atoms with E-state index in [0.717, 1.165) is 0 Å². The Labute approximate surface area is 127 Å².